The number of benzene rings is 2. The molecule has 7 nitrogen and oxygen atoms in total. The van der Waals surface area contributed by atoms with Gasteiger partial charge in [0.2, 0.25) is 10.0 Å². The molecule has 2 rings (SSSR count). The fourth-order valence-corrected chi connectivity index (χ4v) is 3.62. The Labute approximate surface area is 159 Å². The van der Waals surface area contributed by atoms with Gasteiger partial charge in [-0.05, 0) is 42.3 Å². The van der Waals surface area contributed by atoms with Crippen LogP contribution in [0, 0.1) is 0 Å². The molecule has 2 aromatic carbocycles. The van der Waals surface area contributed by atoms with Crippen molar-refractivity contribution >= 4 is 15.9 Å². The fraction of sp³-hybridized carbons (Fsp3) is 0.316. The second-order valence-corrected chi connectivity index (χ2v) is 7.49. The summed E-state index contributed by atoms with van der Waals surface area (Å²) in [6.07, 6.45) is 0.599. The maximum Gasteiger partial charge on any atom is 0.251 e. The molecular weight excluding hydrogens is 368 g/mol. The highest BCUT2D eigenvalue weighted by atomic mass is 32.2. The van der Waals surface area contributed by atoms with Crippen molar-refractivity contribution in [3.05, 3.63) is 53.6 Å². The van der Waals surface area contributed by atoms with Gasteiger partial charge in [0.15, 0.2) is 11.5 Å². The zero-order valence-corrected chi connectivity index (χ0v) is 16.4. The normalized spacial score (nSPS) is 11.1. The Morgan fingerprint density at radius 3 is 2.44 bits per heavy atom. The van der Waals surface area contributed by atoms with E-state index in [2.05, 4.69) is 10.0 Å². The zero-order chi connectivity index (χ0) is 19.9. The Morgan fingerprint density at radius 1 is 1.04 bits per heavy atom. The minimum atomic E-state index is -3.60. The summed E-state index contributed by atoms with van der Waals surface area (Å²) in [6, 6.07) is 11.5. The summed E-state index contributed by atoms with van der Waals surface area (Å²) in [5, 5.41) is 2.80. The minimum absolute atomic E-state index is 0.0666. The number of rotatable bonds is 9. The third kappa shape index (κ3) is 5.45. The predicted molar refractivity (Wildman–Crippen MR) is 103 cm³/mol. The summed E-state index contributed by atoms with van der Waals surface area (Å²) in [6.45, 7) is 2.38. The van der Waals surface area contributed by atoms with Gasteiger partial charge in [-0.1, -0.05) is 19.1 Å². The molecule has 0 unspecified atom stereocenters. The molecule has 0 atom stereocenters. The summed E-state index contributed by atoms with van der Waals surface area (Å²) in [4.78, 5) is 12.4. The first-order valence-electron chi connectivity index (χ1n) is 8.50. The van der Waals surface area contributed by atoms with Gasteiger partial charge in [0, 0.05) is 18.7 Å². The monoisotopic (exact) mass is 392 g/mol. The molecule has 0 aromatic heterocycles. The molecule has 0 aliphatic rings. The number of hydrogen-bond acceptors (Lipinski definition) is 5. The first-order chi connectivity index (χ1) is 12.9. The molecule has 0 heterocycles. The molecule has 146 valence electrons. The van der Waals surface area contributed by atoms with E-state index in [1.165, 1.54) is 12.1 Å². The fourth-order valence-electron chi connectivity index (χ4n) is 2.54. The van der Waals surface area contributed by atoms with Crippen molar-refractivity contribution in [1.82, 2.24) is 10.0 Å². The number of ether oxygens (including phenoxy) is 2. The lowest BCUT2D eigenvalue weighted by Gasteiger charge is -2.10. The number of amides is 1. The number of hydrogen-bond donors (Lipinski definition) is 2. The summed E-state index contributed by atoms with van der Waals surface area (Å²) < 4.78 is 37.0. The summed E-state index contributed by atoms with van der Waals surface area (Å²) in [5.74, 6) is 0.940. The van der Waals surface area contributed by atoms with Crippen molar-refractivity contribution in [3.8, 4) is 11.5 Å². The molecule has 0 aliphatic carbocycles. The van der Waals surface area contributed by atoms with Gasteiger partial charge in [0.1, 0.15) is 0 Å². The Hall–Kier alpha value is -2.58. The van der Waals surface area contributed by atoms with Gasteiger partial charge in [0.25, 0.3) is 5.91 Å². The molecular formula is C19H24N2O5S. The molecule has 2 N–H and O–H groups in total. The second kappa shape index (κ2) is 9.38. The van der Waals surface area contributed by atoms with Crippen LogP contribution in [0.4, 0.5) is 0 Å². The van der Waals surface area contributed by atoms with E-state index >= 15 is 0 Å². The minimum Gasteiger partial charge on any atom is -0.493 e. The van der Waals surface area contributed by atoms with Gasteiger partial charge in [-0.2, -0.15) is 0 Å². The van der Waals surface area contributed by atoms with E-state index in [-0.39, 0.29) is 17.3 Å². The molecule has 2 aromatic rings. The standard InChI is InChI=1S/C19H24N2O5S/c1-4-21-27(23,24)16-7-5-6-15(13-16)19(22)20-11-10-14-8-9-17(25-2)18(12-14)26-3/h5-9,12-13,21H,4,10-11H2,1-3H3,(H,20,22). The van der Waals surface area contributed by atoms with Crippen molar-refractivity contribution < 1.29 is 22.7 Å². The van der Waals surface area contributed by atoms with Crippen LogP contribution in [0.1, 0.15) is 22.8 Å². The van der Waals surface area contributed by atoms with Crippen molar-refractivity contribution in [2.45, 2.75) is 18.2 Å². The van der Waals surface area contributed by atoms with Crippen LogP contribution >= 0.6 is 0 Å². The van der Waals surface area contributed by atoms with Crippen LogP contribution in [0.25, 0.3) is 0 Å². The summed E-state index contributed by atoms with van der Waals surface area (Å²) in [7, 11) is -0.461. The van der Waals surface area contributed by atoms with E-state index in [9.17, 15) is 13.2 Å². The smallest absolute Gasteiger partial charge is 0.251 e. The van der Waals surface area contributed by atoms with Crippen LogP contribution in [-0.4, -0.2) is 41.6 Å². The first-order valence-corrected chi connectivity index (χ1v) is 9.98. The van der Waals surface area contributed by atoms with E-state index in [0.29, 0.717) is 30.0 Å². The highest BCUT2D eigenvalue weighted by molar-refractivity contribution is 7.89. The molecule has 0 spiro atoms. The van der Waals surface area contributed by atoms with Gasteiger partial charge in [0.05, 0.1) is 19.1 Å². The lowest BCUT2D eigenvalue weighted by atomic mass is 10.1. The average Bonchev–Trinajstić information content (AvgIpc) is 2.67. The largest absolute Gasteiger partial charge is 0.493 e. The topological polar surface area (TPSA) is 93.7 Å². The highest BCUT2D eigenvalue weighted by Gasteiger charge is 2.15. The molecule has 0 fully saturated rings. The Balaban J connectivity index is 2.00. The third-order valence-electron chi connectivity index (χ3n) is 3.89. The van der Waals surface area contributed by atoms with E-state index < -0.39 is 10.0 Å². The molecule has 0 bridgehead atoms. The third-order valence-corrected chi connectivity index (χ3v) is 5.43. The zero-order valence-electron chi connectivity index (χ0n) is 15.6. The maximum atomic E-state index is 12.3. The van der Waals surface area contributed by atoms with Crippen molar-refractivity contribution in [3.63, 3.8) is 0 Å². The lowest BCUT2D eigenvalue weighted by Crippen LogP contribution is -2.27. The number of carbonyl (C=O) groups is 1. The Morgan fingerprint density at radius 2 is 1.78 bits per heavy atom. The number of carbonyl (C=O) groups excluding carboxylic acids is 1. The summed E-state index contributed by atoms with van der Waals surface area (Å²) in [5.41, 5.74) is 1.28. The van der Waals surface area contributed by atoms with Crippen molar-refractivity contribution in [1.29, 1.82) is 0 Å². The Bertz CT molecular complexity index is 897. The predicted octanol–water partition coefficient (Wildman–Crippen LogP) is 1.97. The van der Waals surface area contributed by atoms with Gasteiger partial charge in [-0.15, -0.1) is 0 Å². The molecule has 0 saturated carbocycles. The number of sulfonamides is 1. The van der Waals surface area contributed by atoms with E-state index in [1.54, 1.807) is 33.3 Å². The van der Waals surface area contributed by atoms with Gasteiger partial charge in [-0.25, -0.2) is 13.1 Å². The van der Waals surface area contributed by atoms with E-state index in [4.69, 9.17) is 9.47 Å². The van der Waals surface area contributed by atoms with Gasteiger partial charge >= 0.3 is 0 Å². The van der Waals surface area contributed by atoms with Crippen LogP contribution in [-0.2, 0) is 16.4 Å². The summed E-state index contributed by atoms with van der Waals surface area (Å²) >= 11 is 0. The van der Waals surface area contributed by atoms with Crippen LogP contribution < -0.4 is 19.5 Å². The van der Waals surface area contributed by atoms with E-state index in [1.807, 2.05) is 18.2 Å². The molecule has 27 heavy (non-hydrogen) atoms. The second-order valence-electron chi connectivity index (χ2n) is 5.72. The molecule has 1 amide bonds. The van der Waals surface area contributed by atoms with Crippen molar-refractivity contribution in [2.24, 2.45) is 0 Å². The van der Waals surface area contributed by atoms with Crippen LogP contribution in [0.2, 0.25) is 0 Å². The van der Waals surface area contributed by atoms with Crippen molar-refractivity contribution in [2.75, 3.05) is 27.3 Å². The Kier molecular flexibility index (Phi) is 7.20. The van der Waals surface area contributed by atoms with Gasteiger partial charge in [-0.3, -0.25) is 4.79 Å². The lowest BCUT2D eigenvalue weighted by molar-refractivity contribution is 0.0954. The highest BCUT2D eigenvalue weighted by Crippen LogP contribution is 2.27. The van der Waals surface area contributed by atoms with Crippen LogP contribution in [0.15, 0.2) is 47.4 Å². The molecule has 0 aliphatic heterocycles. The average molecular weight is 392 g/mol. The molecule has 0 radical (unpaired) electrons. The van der Waals surface area contributed by atoms with E-state index in [0.717, 1.165) is 5.56 Å². The van der Waals surface area contributed by atoms with Crippen LogP contribution in [0.5, 0.6) is 11.5 Å². The first kappa shape index (κ1) is 20.7. The quantitative estimate of drug-likeness (QED) is 0.681. The van der Waals surface area contributed by atoms with Crippen LogP contribution in [0.3, 0.4) is 0 Å². The van der Waals surface area contributed by atoms with Gasteiger partial charge < -0.3 is 14.8 Å². The maximum absolute atomic E-state index is 12.3. The molecule has 8 heteroatoms. The molecule has 0 saturated heterocycles. The number of methoxy groups -OCH3 is 2. The SMILES string of the molecule is CCNS(=O)(=O)c1cccc(C(=O)NCCc2ccc(OC)c(OC)c2)c1. The number of nitrogens with one attached hydrogen (secondary N) is 2.